The first-order valence-corrected chi connectivity index (χ1v) is 11.5. The molecule has 0 aromatic heterocycles. The van der Waals surface area contributed by atoms with Crippen LogP contribution in [-0.2, 0) is 14.2 Å². The maximum Gasteiger partial charge on any atom is 0.338 e. The second-order valence-corrected chi connectivity index (χ2v) is 8.86. The number of aliphatic hydroxyl groups excluding tert-OH is 1. The van der Waals surface area contributed by atoms with Crippen molar-refractivity contribution in [2.24, 2.45) is 0 Å². The van der Waals surface area contributed by atoms with Crippen LogP contribution < -0.4 is 0 Å². The van der Waals surface area contributed by atoms with Crippen molar-refractivity contribution in [1.82, 2.24) is 0 Å². The minimum absolute atomic E-state index is 0.151. The van der Waals surface area contributed by atoms with Gasteiger partial charge in [-0.15, -0.1) is 11.8 Å². The van der Waals surface area contributed by atoms with E-state index in [1.54, 1.807) is 91.0 Å². The molecule has 1 fully saturated rings. The predicted octanol–water partition coefficient (Wildman–Crippen LogP) is 3.73. The van der Waals surface area contributed by atoms with Crippen LogP contribution in [-0.4, -0.2) is 52.5 Å². The molecule has 1 aliphatic heterocycles. The number of aliphatic hydroxyl groups is 1. The van der Waals surface area contributed by atoms with Gasteiger partial charge in [0.1, 0.15) is 12.0 Å². The molecule has 0 radical (unpaired) electrons. The van der Waals surface area contributed by atoms with Crippen molar-refractivity contribution >= 4 is 29.7 Å². The maximum absolute atomic E-state index is 12.8. The lowest BCUT2D eigenvalue weighted by Gasteiger charge is -2.24. The lowest BCUT2D eigenvalue weighted by Crippen LogP contribution is -2.41. The summed E-state index contributed by atoms with van der Waals surface area (Å²) in [7, 11) is 0. The van der Waals surface area contributed by atoms with E-state index in [1.807, 2.05) is 0 Å². The van der Waals surface area contributed by atoms with Gasteiger partial charge in [-0.25, -0.2) is 14.4 Å². The minimum atomic E-state index is -1.18. The Kier molecular flexibility index (Phi) is 7.61. The van der Waals surface area contributed by atoms with Crippen molar-refractivity contribution in [2.45, 2.75) is 22.9 Å². The van der Waals surface area contributed by atoms with E-state index in [9.17, 15) is 19.5 Å². The van der Waals surface area contributed by atoms with E-state index in [-0.39, 0.29) is 6.61 Å². The molecular formula is C26H22O7S. The molecule has 3 aromatic carbocycles. The molecule has 1 aliphatic rings. The Morgan fingerprint density at radius 2 is 1.06 bits per heavy atom. The van der Waals surface area contributed by atoms with Crippen molar-refractivity contribution in [2.75, 3.05) is 6.61 Å². The maximum atomic E-state index is 12.8. The lowest BCUT2D eigenvalue weighted by atomic mass is 10.1. The van der Waals surface area contributed by atoms with E-state index < -0.39 is 40.8 Å². The van der Waals surface area contributed by atoms with Crippen LogP contribution in [0.3, 0.4) is 0 Å². The SMILES string of the molecule is O=C(OC[C@@H]1SC(O)[C@@H](OC(=O)c2ccccc2)[C@@H]1OC(=O)c1ccccc1)c1ccccc1. The summed E-state index contributed by atoms with van der Waals surface area (Å²) in [6, 6.07) is 25.1. The average molecular weight is 479 g/mol. The van der Waals surface area contributed by atoms with Gasteiger partial charge in [0.25, 0.3) is 0 Å². The molecule has 0 amide bonds. The fraction of sp³-hybridized carbons (Fsp3) is 0.192. The molecule has 1 N–H and O–H groups in total. The first kappa shape index (κ1) is 23.5. The van der Waals surface area contributed by atoms with Gasteiger partial charge in [-0.3, -0.25) is 0 Å². The van der Waals surface area contributed by atoms with E-state index in [4.69, 9.17) is 14.2 Å². The average Bonchev–Trinajstić information content (AvgIpc) is 3.17. The molecule has 0 saturated carbocycles. The van der Waals surface area contributed by atoms with Crippen molar-refractivity contribution < 1.29 is 33.7 Å². The van der Waals surface area contributed by atoms with Gasteiger partial charge in [0.05, 0.1) is 21.9 Å². The van der Waals surface area contributed by atoms with E-state index in [1.165, 1.54) is 0 Å². The number of esters is 3. The highest BCUT2D eigenvalue weighted by atomic mass is 32.2. The molecular weight excluding hydrogens is 456 g/mol. The Morgan fingerprint density at radius 1 is 0.647 bits per heavy atom. The van der Waals surface area contributed by atoms with Crippen LogP contribution in [0.5, 0.6) is 0 Å². The molecule has 1 unspecified atom stereocenters. The Morgan fingerprint density at radius 3 is 1.53 bits per heavy atom. The van der Waals surface area contributed by atoms with Crippen LogP contribution in [0.1, 0.15) is 31.1 Å². The highest BCUT2D eigenvalue weighted by Gasteiger charge is 2.49. The van der Waals surface area contributed by atoms with Crippen molar-refractivity contribution in [3.63, 3.8) is 0 Å². The first-order valence-electron chi connectivity index (χ1n) is 10.6. The summed E-state index contributed by atoms with van der Waals surface area (Å²) in [6.07, 6.45) is -2.19. The summed E-state index contributed by atoms with van der Waals surface area (Å²) in [4.78, 5) is 37.8. The highest BCUT2D eigenvalue weighted by Crippen LogP contribution is 2.38. The third-order valence-corrected chi connectivity index (χ3v) is 6.48. The minimum Gasteiger partial charge on any atom is -0.461 e. The molecule has 0 bridgehead atoms. The fourth-order valence-corrected chi connectivity index (χ4v) is 4.69. The van der Waals surface area contributed by atoms with Gasteiger partial charge in [0, 0.05) is 0 Å². The molecule has 1 saturated heterocycles. The second-order valence-electron chi connectivity index (χ2n) is 7.50. The van der Waals surface area contributed by atoms with Gasteiger partial charge in [-0.05, 0) is 36.4 Å². The smallest absolute Gasteiger partial charge is 0.338 e. The molecule has 3 aromatic rings. The predicted molar refractivity (Wildman–Crippen MR) is 125 cm³/mol. The first-order chi connectivity index (χ1) is 16.5. The zero-order chi connectivity index (χ0) is 23.9. The zero-order valence-corrected chi connectivity index (χ0v) is 18.8. The number of hydrogen-bond donors (Lipinski definition) is 1. The summed E-state index contributed by atoms with van der Waals surface area (Å²) in [5.74, 6) is -1.85. The van der Waals surface area contributed by atoms with E-state index in [2.05, 4.69) is 0 Å². The molecule has 8 heteroatoms. The van der Waals surface area contributed by atoms with Crippen LogP contribution in [0.15, 0.2) is 91.0 Å². The Bertz CT molecular complexity index is 1120. The van der Waals surface area contributed by atoms with Gasteiger partial charge in [0.2, 0.25) is 0 Å². The van der Waals surface area contributed by atoms with Gasteiger partial charge < -0.3 is 19.3 Å². The topological polar surface area (TPSA) is 99.1 Å². The lowest BCUT2D eigenvalue weighted by molar-refractivity contribution is -0.0557. The third kappa shape index (κ3) is 5.65. The molecule has 4 atom stereocenters. The summed E-state index contributed by atoms with van der Waals surface area (Å²) in [5, 5.41) is 10.00. The van der Waals surface area contributed by atoms with Crippen LogP contribution in [0.2, 0.25) is 0 Å². The number of carbonyl (C=O) groups excluding carboxylic acids is 3. The third-order valence-electron chi connectivity index (χ3n) is 5.18. The summed E-state index contributed by atoms with van der Waals surface area (Å²) in [5.41, 5.74) is -0.202. The number of thioether (sulfide) groups is 1. The van der Waals surface area contributed by atoms with Crippen LogP contribution in [0.25, 0.3) is 0 Å². The monoisotopic (exact) mass is 478 g/mol. The van der Waals surface area contributed by atoms with E-state index in [0.717, 1.165) is 11.8 Å². The fourth-order valence-electron chi connectivity index (χ4n) is 3.46. The molecule has 1 heterocycles. The second kappa shape index (κ2) is 11.0. The Hall–Kier alpha value is -3.62. The normalized spacial score (nSPS) is 21.4. The number of ether oxygens (including phenoxy) is 3. The van der Waals surface area contributed by atoms with Crippen LogP contribution >= 0.6 is 11.8 Å². The molecule has 7 nitrogen and oxygen atoms in total. The van der Waals surface area contributed by atoms with Crippen molar-refractivity contribution in [1.29, 1.82) is 0 Å². The Labute approximate surface area is 200 Å². The van der Waals surface area contributed by atoms with Crippen molar-refractivity contribution in [3.8, 4) is 0 Å². The molecule has 0 aliphatic carbocycles. The van der Waals surface area contributed by atoms with Crippen LogP contribution in [0, 0.1) is 0 Å². The largest absolute Gasteiger partial charge is 0.461 e. The van der Waals surface area contributed by atoms with Gasteiger partial charge in [-0.1, -0.05) is 54.6 Å². The highest BCUT2D eigenvalue weighted by molar-refractivity contribution is 8.00. The molecule has 34 heavy (non-hydrogen) atoms. The molecule has 0 spiro atoms. The number of carbonyl (C=O) groups is 3. The summed E-state index contributed by atoms with van der Waals surface area (Å²) < 4.78 is 16.6. The summed E-state index contributed by atoms with van der Waals surface area (Å²) >= 11 is 1.02. The number of benzene rings is 3. The Balaban J connectivity index is 1.51. The molecule has 4 rings (SSSR count). The van der Waals surface area contributed by atoms with Gasteiger partial charge in [-0.2, -0.15) is 0 Å². The number of rotatable bonds is 7. The van der Waals surface area contributed by atoms with E-state index >= 15 is 0 Å². The zero-order valence-electron chi connectivity index (χ0n) is 18.0. The van der Waals surface area contributed by atoms with Gasteiger partial charge >= 0.3 is 17.9 Å². The van der Waals surface area contributed by atoms with Gasteiger partial charge in [0.15, 0.2) is 12.2 Å². The summed E-state index contributed by atoms with van der Waals surface area (Å²) in [6.45, 7) is -0.151. The quantitative estimate of drug-likeness (QED) is 0.405. The van der Waals surface area contributed by atoms with Crippen molar-refractivity contribution in [3.05, 3.63) is 108 Å². The van der Waals surface area contributed by atoms with E-state index in [0.29, 0.717) is 16.7 Å². The van der Waals surface area contributed by atoms with Crippen LogP contribution in [0.4, 0.5) is 0 Å². The standard InChI is InChI=1S/C26H22O7S/c27-23(17-10-4-1-5-11-17)31-16-20-21(32-24(28)18-12-6-2-7-13-18)22(26(30)34-20)33-25(29)19-14-8-3-9-15-19/h1-15,20-22,26,30H,16H2/t20-,21+,22-,26?/m0/s1. The molecule has 174 valence electrons. The number of hydrogen-bond acceptors (Lipinski definition) is 8.